The highest BCUT2D eigenvalue weighted by molar-refractivity contribution is 6.25. The van der Waals surface area contributed by atoms with E-state index < -0.39 is 11.6 Å². The monoisotopic (exact) mass is 300 g/mol. The van der Waals surface area contributed by atoms with Gasteiger partial charge in [-0.15, -0.1) is 0 Å². The van der Waals surface area contributed by atoms with E-state index in [0.717, 1.165) is 0 Å². The lowest BCUT2D eigenvalue weighted by Gasteiger charge is -2.47. The van der Waals surface area contributed by atoms with E-state index in [0.29, 0.717) is 31.7 Å². The first-order valence-corrected chi connectivity index (χ1v) is 7.74. The third-order valence-corrected chi connectivity index (χ3v) is 4.24. The van der Waals surface area contributed by atoms with E-state index in [4.69, 9.17) is 11.6 Å². The topological polar surface area (TPSA) is 49.4 Å². The number of piperazine rings is 1. The van der Waals surface area contributed by atoms with Crippen molar-refractivity contribution in [3.8, 4) is 0 Å². The molecule has 1 heterocycles. The molecule has 1 unspecified atom stereocenters. The van der Waals surface area contributed by atoms with Gasteiger partial charge in [0.05, 0.1) is 0 Å². The van der Waals surface area contributed by atoms with Crippen LogP contribution in [-0.4, -0.2) is 34.8 Å². The standard InChI is InChI=1S/C15H25ClN2O2/c1-5-15(6-2)14(20)17-12(10-11(3)4)13(19)18(15)9-7-8-16/h7-8,11-12H,5-6,9-10H2,1-4H3,(H,17,20)/b8-7+. The second kappa shape index (κ2) is 7.11. The Morgan fingerprint density at radius 2 is 1.95 bits per heavy atom. The maximum Gasteiger partial charge on any atom is 0.246 e. The number of halogens is 1. The van der Waals surface area contributed by atoms with Crippen molar-refractivity contribution in [1.29, 1.82) is 0 Å². The molecule has 4 nitrogen and oxygen atoms in total. The third-order valence-electron chi connectivity index (χ3n) is 4.06. The smallest absolute Gasteiger partial charge is 0.246 e. The van der Waals surface area contributed by atoms with Crippen molar-refractivity contribution in [1.82, 2.24) is 10.2 Å². The molecule has 0 bridgehead atoms. The van der Waals surface area contributed by atoms with Crippen LogP contribution < -0.4 is 5.32 Å². The summed E-state index contributed by atoms with van der Waals surface area (Å²) >= 11 is 5.59. The highest BCUT2D eigenvalue weighted by atomic mass is 35.5. The van der Waals surface area contributed by atoms with E-state index >= 15 is 0 Å². The lowest BCUT2D eigenvalue weighted by Crippen LogP contribution is -2.70. The predicted octanol–water partition coefficient (Wildman–Crippen LogP) is 2.67. The van der Waals surface area contributed by atoms with Gasteiger partial charge in [0.15, 0.2) is 0 Å². The second-order valence-electron chi connectivity index (χ2n) is 5.70. The zero-order valence-corrected chi connectivity index (χ0v) is 13.5. The molecule has 1 atom stereocenters. The normalized spacial score (nSPS) is 22.7. The van der Waals surface area contributed by atoms with E-state index in [9.17, 15) is 9.59 Å². The highest BCUT2D eigenvalue weighted by Gasteiger charge is 2.49. The number of amides is 2. The summed E-state index contributed by atoms with van der Waals surface area (Å²) in [5, 5.41) is 2.91. The molecule has 1 fully saturated rings. The first-order chi connectivity index (χ1) is 9.42. The van der Waals surface area contributed by atoms with Gasteiger partial charge in [-0.2, -0.15) is 0 Å². The number of carbonyl (C=O) groups is 2. The van der Waals surface area contributed by atoms with Crippen LogP contribution in [0.15, 0.2) is 11.6 Å². The Balaban J connectivity index is 3.10. The predicted molar refractivity (Wildman–Crippen MR) is 81.4 cm³/mol. The molecule has 114 valence electrons. The fourth-order valence-electron chi connectivity index (χ4n) is 2.87. The average Bonchev–Trinajstić information content (AvgIpc) is 2.40. The minimum Gasteiger partial charge on any atom is -0.342 e. The fourth-order valence-corrected chi connectivity index (χ4v) is 2.95. The van der Waals surface area contributed by atoms with Crippen LogP contribution in [0.3, 0.4) is 0 Å². The molecule has 0 saturated carbocycles. The molecule has 1 saturated heterocycles. The van der Waals surface area contributed by atoms with Crippen molar-refractivity contribution in [3.63, 3.8) is 0 Å². The lowest BCUT2D eigenvalue weighted by atomic mass is 9.84. The van der Waals surface area contributed by atoms with Gasteiger partial charge in [-0.3, -0.25) is 9.59 Å². The maximum atomic E-state index is 12.7. The van der Waals surface area contributed by atoms with Crippen molar-refractivity contribution in [2.75, 3.05) is 6.54 Å². The van der Waals surface area contributed by atoms with Crippen molar-refractivity contribution in [2.24, 2.45) is 5.92 Å². The number of hydrogen-bond donors (Lipinski definition) is 1. The SMILES string of the molecule is CCC1(CC)C(=O)NC(CC(C)C)C(=O)N1C/C=C/Cl. The molecule has 1 aliphatic heterocycles. The largest absolute Gasteiger partial charge is 0.342 e. The first kappa shape index (κ1) is 17.0. The van der Waals surface area contributed by atoms with Gasteiger partial charge in [-0.1, -0.05) is 45.4 Å². The van der Waals surface area contributed by atoms with Crippen LogP contribution in [0.25, 0.3) is 0 Å². The Morgan fingerprint density at radius 3 is 2.40 bits per heavy atom. The van der Waals surface area contributed by atoms with E-state index in [1.165, 1.54) is 5.54 Å². The third kappa shape index (κ3) is 3.17. The summed E-state index contributed by atoms with van der Waals surface area (Å²) in [6.07, 6.45) is 3.58. The van der Waals surface area contributed by atoms with Gasteiger partial charge >= 0.3 is 0 Å². The van der Waals surface area contributed by atoms with Gasteiger partial charge in [0.2, 0.25) is 11.8 Å². The van der Waals surface area contributed by atoms with Crippen LogP contribution >= 0.6 is 11.6 Å². The molecule has 0 aliphatic carbocycles. The van der Waals surface area contributed by atoms with Crippen molar-refractivity contribution in [3.05, 3.63) is 11.6 Å². The molecule has 0 radical (unpaired) electrons. The summed E-state index contributed by atoms with van der Waals surface area (Å²) in [6, 6.07) is -0.419. The van der Waals surface area contributed by atoms with E-state index in [-0.39, 0.29) is 11.8 Å². The van der Waals surface area contributed by atoms with Gasteiger partial charge in [0, 0.05) is 12.1 Å². The number of hydrogen-bond acceptors (Lipinski definition) is 2. The number of rotatable bonds is 6. The van der Waals surface area contributed by atoms with Crippen LogP contribution in [0, 0.1) is 5.92 Å². The van der Waals surface area contributed by atoms with E-state index in [1.807, 2.05) is 27.7 Å². The zero-order valence-electron chi connectivity index (χ0n) is 12.8. The molecule has 1 N–H and O–H groups in total. The van der Waals surface area contributed by atoms with Crippen molar-refractivity contribution >= 4 is 23.4 Å². The van der Waals surface area contributed by atoms with Crippen LogP contribution in [0.1, 0.15) is 47.0 Å². The summed E-state index contributed by atoms with van der Waals surface area (Å²) in [5.41, 5.74) is 0.647. The molecule has 20 heavy (non-hydrogen) atoms. The van der Waals surface area contributed by atoms with Gasteiger partial charge in [-0.25, -0.2) is 0 Å². The molecule has 5 heteroatoms. The molecule has 1 rings (SSSR count). The minimum atomic E-state index is -0.749. The van der Waals surface area contributed by atoms with Crippen LogP contribution in [0.2, 0.25) is 0 Å². The molecule has 1 aliphatic rings. The van der Waals surface area contributed by atoms with Crippen molar-refractivity contribution in [2.45, 2.75) is 58.5 Å². The Hall–Kier alpha value is -1.03. The molecular formula is C15H25ClN2O2. The first-order valence-electron chi connectivity index (χ1n) is 7.30. The Kier molecular flexibility index (Phi) is 6.06. The Bertz CT molecular complexity index is 389. The van der Waals surface area contributed by atoms with E-state index in [1.54, 1.807) is 11.0 Å². The highest BCUT2D eigenvalue weighted by Crippen LogP contribution is 2.30. The summed E-state index contributed by atoms with van der Waals surface area (Å²) in [5.74, 6) is 0.304. The summed E-state index contributed by atoms with van der Waals surface area (Å²) < 4.78 is 0. The van der Waals surface area contributed by atoms with Crippen LogP contribution in [-0.2, 0) is 9.59 Å². The van der Waals surface area contributed by atoms with Crippen molar-refractivity contribution < 1.29 is 9.59 Å². The summed E-state index contributed by atoms with van der Waals surface area (Å²) in [6.45, 7) is 8.35. The molecule has 0 aromatic rings. The van der Waals surface area contributed by atoms with Gasteiger partial charge in [-0.05, 0) is 25.2 Å². The Labute approximate surface area is 126 Å². The van der Waals surface area contributed by atoms with Gasteiger partial charge in [0.25, 0.3) is 0 Å². The number of nitrogens with zero attached hydrogens (tertiary/aromatic N) is 1. The van der Waals surface area contributed by atoms with Crippen LogP contribution in [0.4, 0.5) is 0 Å². The van der Waals surface area contributed by atoms with E-state index in [2.05, 4.69) is 5.32 Å². The number of nitrogens with one attached hydrogen (secondary N) is 1. The quantitative estimate of drug-likeness (QED) is 0.820. The molecule has 0 spiro atoms. The Morgan fingerprint density at radius 1 is 1.35 bits per heavy atom. The van der Waals surface area contributed by atoms with Gasteiger partial charge in [0.1, 0.15) is 11.6 Å². The number of carbonyl (C=O) groups excluding carboxylic acids is 2. The molecular weight excluding hydrogens is 276 g/mol. The van der Waals surface area contributed by atoms with Gasteiger partial charge < -0.3 is 10.2 Å². The average molecular weight is 301 g/mol. The lowest BCUT2D eigenvalue weighted by molar-refractivity contribution is -0.157. The minimum absolute atomic E-state index is 0.00299. The second-order valence-corrected chi connectivity index (χ2v) is 5.96. The summed E-state index contributed by atoms with van der Waals surface area (Å²) in [4.78, 5) is 26.9. The molecule has 0 aromatic heterocycles. The molecule has 2 amide bonds. The zero-order chi connectivity index (χ0) is 15.3. The molecule has 0 aromatic carbocycles. The van der Waals surface area contributed by atoms with Crippen LogP contribution in [0.5, 0.6) is 0 Å². The maximum absolute atomic E-state index is 12.7. The summed E-state index contributed by atoms with van der Waals surface area (Å²) in [7, 11) is 0. The fraction of sp³-hybridized carbons (Fsp3) is 0.733.